The first kappa shape index (κ1) is 21.3. The number of aliphatic hydroxyl groups is 1. The normalized spacial score (nSPS) is 12.1. The zero-order chi connectivity index (χ0) is 21.8. The molecule has 0 saturated carbocycles. The van der Waals surface area contributed by atoms with Crippen molar-refractivity contribution >= 4 is 61.0 Å². The van der Waals surface area contributed by atoms with Gasteiger partial charge in [0, 0.05) is 5.69 Å². The number of allylic oxidation sites excluding steroid dienone is 1. The van der Waals surface area contributed by atoms with Crippen LogP contribution in [0.3, 0.4) is 0 Å². The minimum Gasteiger partial charge on any atom is -0.510 e. The number of hydrogen-bond acceptors (Lipinski definition) is 9. The Bertz CT molecular complexity index is 1240. The Balaban J connectivity index is 1.42. The number of nitriles is 1. The molecule has 2 aromatic carbocycles. The topological polar surface area (TPSA) is 94.7 Å². The SMILES string of the molecule is CC(C)c1ccc(Nc2nnc(SCC(O)=C(C#N)c3nc4ccccc4s3)s2)cc1. The van der Waals surface area contributed by atoms with E-state index in [9.17, 15) is 10.4 Å². The molecule has 2 N–H and O–H groups in total. The molecule has 31 heavy (non-hydrogen) atoms. The Morgan fingerprint density at radius 1 is 1.13 bits per heavy atom. The summed E-state index contributed by atoms with van der Waals surface area (Å²) in [6, 6.07) is 18.0. The molecule has 0 fully saturated rings. The third-order valence-electron chi connectivity index (χ3n) is 4.48. The van der Waals surface area contributed by atoms with Gasteiger partial charge in [0.15, 0.2) is 4.34 Å². The lowest BCUT2D eigenvalue weighted by Gasteiger charge is -2.06. The van der Waals surface area contributed by atoms with E-state index in [4.69, 9.17) is 0 Å². The number of para-hydroxylation sites is 1. The second-order valence-corrected chi connectivity index (χ2v) is 10.2. The highest BCUT2D eigenvalue weighted by molar-refractivity contribution is 8.01. The zero-order valence-electron chi connectivity index (χ0n) is 16.9. The number of thiazole rings is 1. The number of thioether (sulfide) groups is 1. The number of aromatic nitrogens is 3. The van der Waals surface area contributed by atoms with Crippen molar-refractivity contribution in [2.75, 3.05) is 11.1 Å². The molecule has 2 aromatic heterocycles. The van der Waals surface area contributed by atoms with E-state index in [-0.39, 0.29) is 17.1 Å². The van der Waals surface area contributed by atoms with Gasteiger partial charge in [0.2, 0.25) is 5.13 Å². The molecule has 0 aliphatic rings. The lowest BCUT2D eigenvalue weighted by atomic mass is 10.0. The van der Waals surface area contributed by atoms with Crippen LogP contribution in [0.1, 0.15) is 30.3 Å². The van der Waals surface area contributed by atoms with Crippen LogP contribution in [0.4, 0.5) is 10.8 Å². The summed E-state index contributed by atoms with van der Waals surface area (Å²) < 4.78 is 1.68. The van der Waals surface area contributed by atoms with Crippen LogP contribution >= 0.6 is 34.4 Å². The molecule has 0 unspecified atom stereocenters. The van der Waals surface area contributed by atoms with Gasteiger partial charge in [-0.05, 0) is 35.7 Å². The van der Waals surface area contributed by atoms with Gasteiger partial charge in [0.25, 0.3) is 0 Å². The third kappa shape index (κ3) is 5.05. The predicted molar refractivity (Wildman–Crippen MR) is 129 cm³/mol. The second-order valence-electron chi connectivity index (χ2n) is 6.98. The van der Waals surface area contributed by atoms with Gasteiger partial charge in [-0.3, -0.25) is 0 Å². The number of fused-ring (bicyclic) bond motifs is 1. The van der Waals surface area contributed by atoms with Crippen LogP contribution in [-0.4, -0.2) is 26.0 Å². The van der Waals surface area contributed by atoms with Gasteiger partial charge in [0.1, 0.15) is 22.4 Å². The summed E-state index contributed by atoms with van der Waals surface area (Å²) in [6.45, 7) is 4.32. The van der Waals surface area contributed by atoms with Crippen molar-refractivity contribution in [2.24, 2.45) is 0 Å². The molecular formula is C22H19N5OS3. The number of nitrogens with zero attached hydrogens (tertiary/aromatic N) is 4. The van der Waals surface area contributed by atoms with Crippen molar-refractivity contribution in [3.63, 3.8) is 0 Å². The number of aliphatic hydroxyl groups excluding tert-OH is 1. The lowest BCUT2D eigenvalue weighted by Crippen LogP contribution is -1.92. The maximum atomic E-state index is 10.5. The highest BCUT2D eigenvalue weighted by Gasteiger charge is 2.15. The highest BCUT2D eigenvalue weighted by atomic mass is 32.2. The van der Waals surface area contributed by atoms with Crippen LogP contribution in [0.25, 0.3) is 15.8 Å². The number of benzene rings is 2. The smallest absolute Gasteiger partial charge is 0.210 e. The molecule has 156 valence electrons. The Labute approximate surface area is 192 Å². The van der Waals surface area contributed by atoms with Crippen molar-refractivity contribution in [2.45, 2.75) is 24.1 Å². The van der Waals surface area contributed by atoms with Crippen molar-refractivity contribution in [3.05, 3.63) is 64.9 Å². The monoisotopic (exact) mass is 465 g/mol. The quantitative estimate of drug-likeness (QED) is 0.180. The highest BCUT2D eigenvalue weighted by Crippen LogP contribution is 2.32. The summed E-state index contributed by atoms with van der Waals surface area (Å²) in [5.41, 5.74) is 3.24. The van der Waals surface area contributed by atoms with Gasteiger partial charge >= 0.3 is 0 Å². The Morgan fingerprint density at radius 2 is 1.90 bits per heavy atom. The number of rotatable bonds is 7. The first-order chi connectivity index (χ1) is 15.0. The average molecular weight is 466 g/mol. The van der Waals surface area contributed by atoms with E-state index in [0.29, 0.717) is 20.4 Å². The molecule has 0 aliphatic heterocycles. The number of anilines is 2. The zero-order valence-corrected chi connectivity index (χ0v) is 19.3. The minimum atomic E-state index is -0.0134. The van der Waals surface area contributed by atoms with E-state index in [1.807, 2.05) is 36.4 Å². The van der Waals surface area contributed by atoms with Gasteiger partial charge in [-0.25, -0.2) is 4.98 Å². The molecule has 0 bridgehead atoms. The fourth-order valence-corrected chi connectivity index (χ4v) is 5.44. The van der Waals surface area contributed by atoms with E-state index in [2.05, 4.69) is 52.5 Å². The van der Waals surface area contributed by atoms with E-state index in [0.717, 1.165) is 15.9 Å². The third-order valence-corrected chi connectivity index (χ3v) is 7.51. The van der Waals surface area contributed by atoms with Crippen molar-refractivity contribution in [1.82, 2.24) is 15.2 Å². The molecule has 9 heteroatoms. The maximum Gasteiger partial charge on any atom is 0.210 e. The van der Waals surface area contributed by atoms with Crippen molar-refractivity contribution in [3.8, 4) is 6.07 Å². The van der Waals surface area contributed by atoms with E-state index >= 15 is 0 Å². The molecule has 0 amide bonds. The predicted octanol–water partition coefficient (Wildman–Crippen LogP) is 6.60. The van der Waals surface area contributed by atoms with Crippen LogP contribution in [0, 0.1) is 11.3 Å². The fourth-order valence-electron chi connectivity index (χ4n) is 2.81. The van der Waals surface area contributed by atoms with Crippen LogP contribution < -0.4 is 5.32 Å². The summed E-state index contributed by atoms with van der Waals surface area (Å²) >= 11 is 4.13. The molecular weight excluding hydrogens is 446 g/mol. The Morgan fingerprint density at radius 3 is 2.61 bits per heavy atom. The Kier molecular flexibility index (Phi) is 6.51. The second kappa shape index (κ2) is 9.47. The van der Waals surface area contributed by atoms with E-state index in [1.54, 1.807) is 0 Å². The summed E-state index contributed by atoms with van der Waals surface area (Å²) in [7, 11) is 0. The molecule has 0 spiro atoms. The van der Waals surface area contributed by atoms with Crippen LogP contribution in [0.2, 0.25) is 0 Å². The first-order valence-corrected chi connectivity index (χ1v) is 12.2. The van der Waals surface area contributed by atoms with Gasteiger partial charge < -0.3 is 10.4 Å². The first-order valence-electron chi connectivity index (χ1n) is 9.55. The van der Waals surface area contributed by atoms with Gasteiger partial charge in [-0.1, -0.05) is 61.2 Å². The van der Waals surface area contributed by atoms with Gasteiger partial charge in [0.05, 0.1) is 16.0 Å². The molecule has 0 aliphatic carbocycles. The number of hydrogen-bond donors (Lipinski definition) is 2. The Hall–Kier alpha value is -2.93. The maximum absolute atomic E-state index is 10.5. The van der Waals surface area contributed by atoms with Crippen LogP contribution in [0.5, 0.6) is 0 Å². The molecule has 4 rings (SSSR count). The summed E-state index contributed by atoms with van der Waals surface area (Å²) in [5.74, 6) is 0.692. The lowest BCUT2D eigenvalue weighted by molar-refractivity contribution is 0.421. The van der Waals surface area contributed by atoms with E-state index in [1.165, 1.54) is 40.0 Å². The molecule has 0 atom stereocenters. The fraction of sp³-hybridized carbons (Fsp3) is 0.182. The summed E-state index contributed by atoms with van der Waals surface area (Å²) in [4.78, 5) is 4.46. The molecule has 6 nitrogen and oxygen atoms in total. The van der Waals surface area contributed by atoms with Crippen LogP contribution in [-0.2, 0) is 0 Å². The van der Waals surface area contributed by atoms with Gasteiger partial charge in [-0.15, -0.1) is 21.5 Å². The molecule has 4 aromatic rings. The standard InChI is InChI=1S/C22H19N5OS3/c1-13(2)14-7-9-15(10-8-14)24-21-26-27-22(31-21)29-12-18(28)16(11-23)20-25-17-5-3-4-6-19(17)30-20/h3-10,13,28H,12H2,1-2H3,(H,24,26). The summed E-state index contributed by atoms with van der Waals surface area (Å²) in [6.07, 6.45) is 0. The molecule has 0 saturated heterocycles. The van der Waals surface area contributed by atoms with E-state index < -0.39 is 0 Å². The minimum absolute atomic E-state index is 0.0134. The van der Waals surface area contributed by atoms with Gasteiger partial charge in [-0.2, -0.15) is 5.26 Å². The van der Waals surface area contributed by atoms with Crippen LogP contribution in [0.15, 0.2) is 58.6 Å². The average Bonchev–Trinajstić information content (AvgIpc) is 3.39. The number of nitrogens with one attached hydrogen (secondary N) is 1. The molecule has 0 radical (unpaired) electrons. The van der Waals surface area contributed by atoms with Crippen molar-refractivity contribution < 1.29 is 5.11 Å². The largest absolute Gasteiger partial charge is 0.510 e. The van der Waals surface area contributed by atoms with Crippen molar-refractivity contribution in [1.29, 1.82) is 5.26 Å². The molecule has 2 heterocycles. The summed E-state index contributed by atoms with van der Waals surface area (Å²) in [5, 5.41) is 32.8.